The van der Waals surface area contributed by atoms with Crippen LogP contribution in [0.1, 0.15) is 40.0 Å². The lowest BCUT2D eigenvalue weighted by Crippen LogP contribution is -2.51. The van der Waals surface area contributed by atoms with Crippen molar-refractivity contribution in [3.05, 3.63) is 0 Å². The third kappa shape index (κ3) is 8.34. The fraction of sp³-hybridized carbons (Fsp3) is 0.769. The Kier molecular flexibility index (Phi) is 7.64. The van der Waals surface area contributed by atoms with Gasteiger partial charge in [0.15, 0.2) is 0 Å². The molecule has 0 rings (SSSR count). The van der Waals surface area contributed by atoms with Crippen LogP contribution in [0.5, 0.6) is 0 Å². The van der Waals surface area contributed by atoms with Crippen molar-refractivity contribution >= 4 is 17.9 Å². The van der Waals surface area contributed by atoms with E-state index in [1.165, 1.54) is 11.9 Å². The number of carboxylic acid groups (broad SMARTS) is 1. The largest absolute Gasteiger partial charge is 0.481 e. The van der Waals surface area contributed by atoms with Crippen molar-refractivity contribution < 1.29 is 19.5 Å². The lowest BCUT2D eigenvalue weighted by molar-refractivity contribution is -0.137. The summed E-state index contributed by atoms with van der Waals surface area (Å²) < 4.78 is 0. The van der Waals surface area contributed by atoms with Gasteiger partial charge in [-0.2, -0.15) is 0 Å². The first-order chi connectivity index (χ1) is 9.18. The zero-order chi connectivity index (χ0) is 15.8. The molecule has 0 aromatic carbocycles. The molecule has 0 atom stereocenters. The number of carboxylic acids is 1. The van der Waals surface area contributed by atoms with Gasteiger partial charge in [0.25, 0.3) is 0 Å². The van der Waals surface area contributed by atoms with Gasteiger partial charge in [-0.1, -0.05) is 6.92 Å². The van der Waals surface area contributed by atoms with Crippen molar-refractivity contribution in [1.29, 1.82) is 0 Å². The second kappa shape index (κ2) is 8.39. The quantitative estimate of drug-likeness (QED) is 0.615. The first kappa shape index (κ1) is 18.2. The molecule has 3 N–H and O–H groups in total. The number of likely N-dealkylation sites (N-methyl/N-ethyl adjacent to an activating group) is 1. The Labute approximate surface area is 119 Å². The summed E-state index contributed by atoms with van der Waals surface area (Å²) in [5.74, 6) is -1.12. The summed E-state index contributed by atoms with van der Waals surface area (Å²) in [5.41, 5.74) is -0.635. The normalized spacial score (nSPS) is 10.8. The van der Waals surface area contributed by atoms with Crippen molar-refractivity contribution in [2.24, 2.45) is 0 Å². The molecular weight excluding hydrogens is 262 g/mol. The van der Waals surface area contributed by atoms with Crippen molar-refractivity contribution in [2.45, 2.75) is 45.6 Å². The molecule has 20 heavy (non-hydrogen) atoms. The van der Waals surface area contributed by atoms with E-state index in [4.69, 9.17) is 5.11 Å². The van der Waals surface area contributed by atoms with Crippen molar-refractivity contribution in [3.8, 4) is 0 Å². The number of carbonyl (C=O) groups is 3. The molecule has 7 heteroatoms. The lowest BCUT2D eigenvalue weighted by atomic mass is 9.99. The van der Waals surface area contributed by atoms with Gasteiger partial charge in [-0.3, -0.25) is 9.59 Å². The highest BCUT2D eigenvalue weighted by atomic mass is 16.4. The number of nitrogens with one attached hydrogen (secondary N) is 2. The molecule has 0 aliphatic carbocycles. The number of amides is 3. The Morgan fingerprint density at radius 1 is 1.25 bits per heavy atom. The van der Waals surface area contributed by atoms with E-state index < -0.39 is 17.5 Å². The number of rotatable bonds is 8. The van der Waals surface area contributed by atoms with Gasteiger partial charge < -0.3 is 20.6 Å². The monoisotopic (exact) mass is 287 g/mol. The van der Waals surface area contributed by atoms with Crippen molar-refractivity contribution in [2.75, 3.05) is 20.1 Å². The third-order valence-corrected chi connectivity index (χ3v) is 2.71. The molecule has 0 aromatic rings. The maximum atomic E-state index is 11.9. The van der Waals surface area contributed by atoms with Gasteiger partial charge in [0, 0.05) is 25.6 Å². The molecule has 3 amide bonds. The minimum Gasteiger partial charge on any atom is -0.481 e. The maximum Gasteiger partial charge on any atom is 0.318 e. The third-order valence-electron chi connectivity index (χ3n) is 2.71. The van der Waals surface area contributed by atoms with Gasteiger partial charge in [0.2, 0.25) is 5.91 Å². The number of nitrogens with zero attached hydrogens (tertiary/aromatic N) is 1. The van der Waals surface area contributed by atoms with Crippen molar-refractivity contribution in [3.63, 3.8) is 0 Å². The molecule has 116 valence electrons. The van der Waals surface area contributed by atoms with Gasteiger partial charge in [-0.25, -0.2) is 4.79 Å². The summed E-state index contributed by atoms with van der Waals surface area (Å²) in [6.45, 7) is 6.00. The first-order valence-electron chi connectivity index (χ1n) is 6.69. The number of hydrogen-bond acceptors (Lipinski definition) is 3. The van der Waals surface area contributed by atoms with Crippen LogP contribution in [-0.4, -0.2) is 53.6 Å². The summed E-state index contributed by atoms with van der Waals surface area (Å²) >= 11 is 0. The Balaban J connectivity index is 4.23. The summed E-state index contributed by atoms with van der Waals surface area (Å²) in [4.78, 5) is 35.2. The van der Waals surface area contributed by atoms with Crippen LogP contribution in [0.25, 0.3) is 0 Å². The highest BCUT2D eigenvalue weighted by Gasteiger charge is 2.23. The number of hydrogen-bond donors (Lipinski definition) is 3. The molecular formula is C13H25N3O4. The number of carbonyl (C=O) groups excluding carboxylic acids is 2. The fourth-order valence-electron chi connectivity index (χ4n) is 1.47. The van der Waals surface area contributed by atoms with Gasteiger partial charge in [-0.15, -0.1) is 0 Å². The van der Waals surface area contributed by atoms with Crippen LogP contribution >= 0.6 is 0 Å². The molecule has 0 aromatic heterocycles. The molecule has 0 aliphatic heterocycles. The molecule has 0 radical (unpaired) electrons. The zero-order valence-corrected chi connectivity index (χ0v) is 12.7. The summed E-state index contributed by atoms with van der Waals surface area (Å²) in [7, 11) is 1.52. The van der Waals surface area contributed by atoms with E-state index in [0.717, 1.165) is 6.42 Å². The SMILES string of the molecule is CCCNC(=O)CN(C)C(=O)NC(C)(C)CCC(=O)O. The van der Waals surface area contributed by atoms with Gasteiger partial charge in [0.05, 0.1) is 0 Å². The molecule has 0 saturated heterocycles. The Hall–Kier alpha value is -1.79. The fourth-order valence-corrected chi connectivity index (χ4v) is 1.47. The molecule has 7 nitrogen and oxygen atoms in total. The Bertz CT molecular complexity index is 356. The zero-order valence-electron chi connectivity index (χ0n) is 12.7. The average Bonchev–Trinajstić information content (AvgIpc) is 2.33. The number of aliphatic carboxylic acids is 1. The van der Waals surface area contributed by atoms with Gasteiger partial charge in [-0.05, 0) is 26.7 Å². The van der Waals surface area contributed by atoms with E-state index in [1.54, 1.807) is 13.8 Å². The summed E-state index contributed by atoms with van der Waals surface area (Å²) in [6, 6.07) is -0.396. The van der Waals surface area contributed by atoms with E-state index in [0.29, 0.717) is 13.0 Å². The van der Waals surface area contributed by atoms with Gasteiger partial charge in [0.1, 0.15) is 6.54 Å². The predicted octanol–water partition coefficient (Wildman–Crippen LogP) is 0.797. The van der Waals surface area contributed by atoms with Gasteiger partial charge >= 0.3 is 12.0 Å². The smallest absolute Gasteiger partial charge is 0.318 e. The standard InChI is InChI=1S/C13H25N3O4/c1-5-8-14-10(17)9-16(4)12(20)15-13(2,3)7-6-11(18)19/h5-9H2,1-4H3,(H,14,17)(H,15,20)(H,18,19). The van der Waals surface area contributed by atoms with E-state index in [2.05, 4.69) is 10.6 Å². The summed E-state index contributed by atoms with van der Waals surface area (Å²) in [6.07, 6.45) is 1.14. The Morgan fingerprint density at radius 3 is 2.35 bits per heavy atom. The van der Waals surface area contributed by atoms with Crippen LogP contribution in [0, 0.1) is 0 Å². The highest BCUT2D eigenvalue weighted by molar-refractivity contribution is 5.84. The Morgan fingerprint density at radius 2 is 1.85 bits per heavy atom. The van der Waals surface area contributed by atoms with Crippen LogP contribution in [0.3, 0.4) is 0 Å². The molecule has 0 bridgehead atoms. The molecule has 0 heterocycles. The molecule has 0 spiro atoms. The predicted molar refractivity (Wildman–Crippen MR) is 75.4 cm³/mol. The molecule has 0 saturated carbocycles. The van der Waals surface area contributed by atoms with Crippen molar-refractivity contribution in [1.82, 2.24) is 15.5 Å². The summed E-state index contributed by atoms with van der Waals surface area (Å²) in [5, 5.41) is 14.0. The lowest BCUT2D eigenvalue weighted by Gasteiger charge is -2.28. The second-order valence-corrected chi connectivity index (χ2v) is 5.41. The first-order valence-corrected chi connectivity index (χ1v) is 6.69. The molecule has 0 fully saturated rings. The van der Waals surface area contributed by atoms with Crippen LogP contribution in [0.4, 0.5) is 4.79 Å². The average molecular weight is 287 g/mol. The molecule has 0 unspecified atom stereocenters. The maximum absolute atomic E-state index is 11.9. The van der Waals surface area contributed by atoms with E-state index in [-0.39, 0.29) is 18.9 Å². The van der Waals surface area contributed by atoms with E-state index >= 15 is 0 Å². The number of urea groups is 1. The minimum absolute atomic E-state index is 0.0199. The highest BCUT2D eigenvalue weighted by Crippen LogP contribution is 2.11. The van der Waals surface area contributed by atoms with Crippen LogP contribution in [-0.2, 0) is 9.59 Å². The van der Waals surface area contributed by atoms with Crippen LogP contribution in [0.2, 0.25) is 0 Å². The second-order valence-electron chi connectivity index (χ2n) is 5.41. The topological polar surface area (TPSA) is 98.7 Å². The van der Waals surface area contributed by atoms with E-state index in [9.17, 15) is 14.4 Å². The van der Waals surface area contributed by atoms with Crippen LogP contribution < -0.4 is 10.6 Å². The minimum atomic E-state index is -0.903. The van der Waals surface area contributed by atoms with E-state index in [1.807, 2.05) is 6.92 Å². The molecule has 0 aliphatic rings. The van der Waals surface area contributed by atoms with Crippen LogP contribution in [0.15, 0.2) is 0 Å².